The van der Waals surface area contributed by atoms with Crippen LogP contribution >= 0.6 is 11.9 Å². The minimum Gasteiger partial charge on any atom is -0.350 e. The van der Waals surface area contributed by atoms with Gasteiger partial charge in [-0.2, -0.15) is 0 Å². The lowest BCUT2D eigenvalue weighted by Gasteiger charge is -2.25. The molecule has 0 fully saturated rings. The molecule has 166 valence electrons. The van der Waals surface area contributed by atoms with Crippen molar-refractivity contribution in [3.05, 3.63) is 71.5 Å². The number of nitrogens with zero attached hydrogens (tertiary/aromatic N) is 2. The smallest absolute Gasteiger partial charge is 0.259 e. The van der Waals surface area contributed by atoms with Gasteiger partial charge in [-0.05, 0) is 30.9 Å². The fourth-order valence-corrected chi connectivity index (χ4v) is 6.10. The third-order valence-electron chi connectivity index (χ3n) is 6.99. The van der Waals surface area contributed by atoms with Crippen molar-refractivity contribution >= 4 is 56.7 Å². The predicted octanol–water partition coefficient (Wildman–Crippen LogP) is 3.87. The van der Waals surface area contributed by atoms with Gasteiger partial charge in [-0.1, -0.05) is 48.3 Å². The highest BCUT2D eigenvalue weighted by Crippen LogP contribution is 2.42. The van der Waals surface area contributed by atoms with Crippen LogP contribution in [0.25, 0.3) is 33.0 Å². The summed E-state index contributed by atoms with van der Waals surface area (Å²) in [5, 5.41) is 10.3. The Bertz CT molecular complexity index is 1490. The van der Waals surface area contributed by atoms with E-state index in [1.165, 1.54) is 11.9 Å². The number of amides is 2. The number of fused-ring (bicyclic) bond motifs is 4. The monoisotopic (exact) mass is 456 g/mol. The maximum Gasteiger partial charge on any atom is 0.259 e. The Hall–Kier alpha value is -3.29. The van der Waals surface area contributed by atoms with Gasteiger partial charge >= 0.3 is 0 Å². The van der Waals surface area contributed by atoms with E-state index in [9.17, 15) is 9.59 Å². The van der Waals surface area contributed by atoms with Crippen molar-refractivity contribution in [2.75, 3.05) is 5.75 Å². The number of nitrogens with one attached hydrogen (secondary N) is 1. The van der Waals surface area contributed by atoms with Crippen LogP contribution in [0.2, 0.25) is 0 Å². The number of hydrogen-bond donors (Lipinski definition) is 2. The number of nitrogens with two attached hydrogens (primary N) is 1. The number of para-hydroxylation sites is 2. The first kappa shape index (κ1) is 20.3. The van der Waals surface area contributed by atoms with Crippen LogP contribution in [0.1, 0.15) is 23.2 Å². The number of rotatable bonds is 4. The van der Waals surface area contributed by atoms with Crippen LogP contribution in [0.15, 0.2) is 54.7 Å². The van der Waals surface area contributed by atoms with Gasteiger partial charge in [0.1, 0.15) is 0 Å². The van der Waals surface area contributed by atoms with Gasteiger partial charge in [-0.25, -0.2) is 0 Å². The second-order valence-corrected chi connectivity index (χ2v) is 9.56. The highest BCUT2D eigenvalue weighted by Gasteiger charge is 2.37. The number of imide groups is 1. The van der Waals surface area contributed by atoms with E-state index in [4.69, 9.17) is 5.14 Å². The summed E-state index contributed by atoms with van der Waals surface area (Å²) in [6.07, 6.45) is 3.82. The maximum absolute atomic E-state index is 13.3. The first-order valence-electron chi connectivity index (χ1n) is 11.1. The zero-order chi connectivity index (χ0) is 22.7. The molecule has 0 aliphatic carbocycles. The van der Waals surface area contributed by atoms with Crippen LogP contribution in [0, 0.1) is 5.92 Å². The summed E-state index contributed by atoms with van der Waals surface area (Å²) in [5.41, 5.74) is 5.92. The Balaban J connectivity index is 1.65. The van der Waals surface area contributed by atoms with Crippen molar-refractivity contribution in [2.45, 2.75) is 19.4 Å². The van der Waals surface area contributed by atoms with Crippen LogP contribution in [-0.2, 0) is 29.6 Å². The molecule has 0 radical (unpaired) electrons. The fourth-order valence-electron chi connectivity index (χ4n) is 5.56. The molecule has 2 amide bonds. The van der Waals surface area contributed by atoms with E-state index in [0.717, 1.165) is 63.8 Å². The average Bonchev–Trinajstić information content (AvgIpc) is 3.42. The molecule has 2 aliphatic heterocycles. The zero-order valence-electron chi connectivity index (χ0n) is 18.3. The van der Waals surface area contributed by atoms with Gasteiger partial charge in [-0.15, -0.1) is 0 Å². The van der Waals surface area contributed by atoms with Gasteiger partial charge in [0.2, 0.25) is 0 Å². The van der Waals surface area contributed by atoms with Crippen molar-refractivity contribution in [1.29, 1.82) is 0 Å². The molecule has 7 heteroatoms. The van der Waals surface area contributed by atoms with Gasteiger partial charge in [0, 0.05) is 64.2 Å². The summed E-state index contributed by atoms with van der Waals surface area (Å²) in [5.74, 6) is 0.747. The Morgan fingerprint density at radius 2 is 1.70 bits per heavy atom. The fraction of sp³-hybridized carbons (Fsp3) is 0.231. The van der Waals surface area contributed by atoms with Crippen LogP contribution in [0.4, 0.5) is 0 Å². The molecule has 1 unspecified atom stereocenters. The molecule has 4 aromatic rings. The van der Waals surface area contributed by atoms with Gasteiger partial charge in [0.15, 0.2) is 0 Å². The Morgan fingerprint density at radius 3 is 2.48 bits per heavy atom. The Labute approximate surface area is 195 Å². The van der Waals surface area contributed by atoms with Crippen LogP contribution in [0.5, 0.6) is 0 Å². The van der Waals surface area contributed by atoms with Crippen LogP contribution in [-0.4, -0.2) is 26.7 Å². The zero-order valence-corrected chi connectivity index (χ0v) is 19.1. The summed E-state index contributed by atoms with van der Waals surface area (Å²) in [4.78, 5) is 26.4. The molecule has 4 heterocycles. The van der Waals surface area contributed by atoms with E-state index < -0.39 is 0 Å². The van der Waals surface area contributed by atoms with Gasteiger partial charge in [-0.3, -0.25) is 20.0 Å². The molecular weight excluding hydrogens is 432 g/mol. The van der Waals surface area contributed by atoms with Gasteiger partial charge in [0.25, 0.3) is 11.8 Å². The third kappa shape index (κ3) is 2.99. The topological polar surface area (TPSA) is 82.0 Å². The maximum atomic E-state index is 13.3. The summed E-state index contributed by atoms with van der Waals surface area (Å²) in [7, 11) is 1.96. The van der Waals surface area contributed by atoms with E-state index in [1.54, 1.807) is 0 Å². The molecule has 1 atom stereocenters. The largest absolute Gasteiger partial charge is 0.350 e. The Kier molecular flexibility index (Phi) is 4.71. The first-order valence-corrected chi connectivity index (χ1v) is 12.2. The molecule has 6 nitrogen and oxygen atoms in total. The van der Waals surface area contributed by atoms with Crippen molar-refractivity contribution in [2.24, 2.45) is 18.1 Å². The molecule has 2 aliphatic rings. The molecule has 0 saturated heterocycles. The predicted molar refractivity (Wildman–Crippen MR) is 133 cm³/mol. The van der Waals surface area contributed by atoms with E-state index in [1.807, 2.05) is 54.2 Å². The number of carbonyl (C=O) groups is 2. The minimum absolute atomic E-state index is 0.318. The SMILES string of the molecule is Cn1cc(C2=C(c3c4n(c5ccccc35)CC(CSN)CC4)C(=O)NC2=O)c2ccccc21. The summed E-state index contributed by atoms with van der Waals surface area (Å²) >= 11 is 1.39. The number of aryl methyl sites for hydroxylation is 1. The lowest BCUT2D eigenvalue weighted by molar-refractivity contribution is -0.122. The van der Waals surface area contributed by atoms with E-state index in [-0.39, 0.29) is 11.8 Å². The summed E-state index contributed by atoms with van der Waals surface area (Å²) in [6.45, 7) is 0.868. The lowest BCUT2D eigenvalue weighted by atomic mass is 9.91. The third-order valence-corrected chi connectivity index (χ3v) is 7.65. The quantitative estimate of drug-likeness (QED) is 0.361. The molecule has 0 bridgehead atoms. The second-order valence-electron chi connectivity index (χ2n) is 8.89. The van der Waals surface area contributed by atoms with Crippen LogP contribution in [0.3, 0.4) is 0 Å². The first-order chi connectivity index (χ1) is 16.1. The molecular formula is C26H24N4O2S. The number of benzene rings is 2. The highest BCUT2D eigenvalue weighted by molar-refractivity contribution is 7.97. The van der Waals surface area contributed by atoms with Crippen molar-refractivity contribution in [1.82, 2.24) is 14.5 Å². The van der Waals surface area contributed by atoms with Crippen molar-refractivity contribution in [3.63, 3.8) is 0 Å². The Morgan fingerprint density at radius 1 is 1.00 bits per heavy atom. The molecule has 2 aromatic heterocycles. The summed E-state index contributed by atoms with van der Waals surface area (Å²) < 4.78 is 4.34. The molecule has 3 N–H and O–H groups in total. The highest BCUT2D eigenvalue weighted by atomic mass is 32.2. The molecule has 0 saturated carbocycles. The van der Waals surface area contributed by atoms with Crippen molar-refractivity contribution in [3.8, 4) is 0 Å². The standard InChI is InChI=1S/C26H24N4O2S/c1-29-13-18(16-6-2-4-8-19(16)29)23-24(26(32)28-25(23)31)22-17-7-3-5-9-20(17)30-12-15(14-33-27)10-11-21(22)30/h2-9,13,15H,10-12,14,27H2,1H3,(H,28,31,32). The lowest BCUT2D eigenvalue weighted by Crippen LogP contribution is -2.24. The molecule has 6 rings (SSSR count). The number of hydrogen-bond acceptors (Lipinski definition) is 4. The molecule has 2 aromatic carbocycles. The van der Waals surface area contributed by atoms with Gasteiger partial charge in [0.05, 0.1) is 11.1 Å². The second kappa shape index (κ2) is 7.64. The van der Waals surface area contributed by atoms with E-state index in [2.05, 4.69) is 22.0 Å². The molecule has 33 heavy (non-hydrogen) atoms. The average molecular weight is 457 g/mol. The number of aromatic nitrogens is 2. The van der Waals surface area contributed by atoms with E-state index in [0.29, 0.717) is 17.1 Å². The van der Waals surface area contributed by atoms with Gasteiger partial charge < -0.3 is 9.13 Å². The normalized spacial score (nSPS) is 18.4. The molecule has 0 spiro atoms. The van der Waals surface area contributed by atoms with Crippen molar-refractivity contribution < 1.29 is 9.59 Å². The van der Waals surface area contributed by atoms with E-state index >= 15 is 0 Å². The van der Waals surface area contributed by atoms with Crippen LogP contribution < -0.4 is 10.5 Å². The number of carbonyl (C=O) groups excluding carboxylic acids is 2. The summed E-state index contributed by atoms with van der Waals surface area (Å²) in [6, 6.07) is 16.2. The minimum atomic E-state index is -0.330.